The van der Waals surface area contributed by atoms with Crippen LogP contribution in [0.4, 0.5) is 4.39 Å². The fourth-order valence-corrected chi connectivity index (χ4v) is 5.92. The molecule has 0 bridgehead atoms. The van der Waals surface area contributed by atoms with Gasteiger partial charge in [-0.15, -0.1) is 0 Å². The molecule has 4 atom stereocenters. The van der Waals surface area contributed by atoms with E-state index in [0.717, 1.165) is 5.56 Å². The molecule has 2 aromatic carbocycles. The van der Waals surface area contributed by atoms with Crippen molar-refractivity contribution in [1.29, 1.82) is 0 Å². The molecule has 2 aromatic rings. The molecule has 210 valence electrons. The zero-order chi connectivity index (χ0) is 28.1. The summed E-state index contributed by atoms with van der Waals surface area (Å²) in [7, 11) is 0. The van der Waals surface area contributed by atoms with E-state index in [1.807, 2.05) is 0 Å². The van der Waals surface area contributed by atoms with Crippen molar-refractivity contribution in [3.05, 3.63) is 63.9 Å². The van der Waals surface area contributed by atoms with Crippen molar-refractivity contribution in [3.63, 3.8) is 0 Å². The number of aryl methyl sites for hydroxylation is 1. The molecule has 0 saturated carbocycles. The number of carbonyl (C=O) groups excluding carboxylic acids is 2. The van der Waals surface area contributed by atoms with Gasteiger partial charge in [0.15, 0.2) is 5.78 Å². The Balaban J connectivity index is 1.51. The summed E-state index contributed by atoms with van der Waals surface area (Å²) in [6, 6.07) is 9.77. The van der Waals surface area contributed by atoms with Crippen LogP contribution in [-0.4, -0.2) is 70.4 Å². The van der Waals surface area contributed by atoms with Gasteiger partial charge in [0.2, 0.25) is 5.91 Å². The lowest BCUT2D eigenvalue weighted by Crippen LogP contribution is -2.51. The molecule has 7 nitrogen and oxygen atoms in total. The Kier molecular flexibility index (Phi) is 9.86. The zero-order valence-electron chi connectivity index (χ0n) is 21.8. The zero-order valence-corrected chi connectivity index (χ0v) is 23.3. The van der Waals surface area contributed by atoms with E-state index >= 15 is 0 Å². The second-order valence-electron chi connectivity index (χ2n) is 10.5. The number of ketones is 1. The van der Waals surface area contributed by atoms with Gasteiger partial charge in [-0.1, -0.05) is 42.3 Å². The van der Waals surface area contributed by atoms with E-state index in [1.165, 1.54) is 12.1 Å². The molecule has 2 heterocycles. The number of halogens is 3. The standard InChI is InChI=1S/C29H33Cl2FN2O5/c1-18-13-26-29(38)33(12-11-21(34(26)16-18)17-39-22-4-2-3-20(32)15-22)25(8-10-28(36)37)27(35)9-6-19-5-7-23(30)24(31)14-19/h2-5,7,14-15,18,21,25-26H,6,8-13,16-17H2,1H3,(H,36,37)/t18-,21?,25-,26+/m1/s1. The van der Waals surface area contributed by atoms with E-state index in [4.69, 9.17) is 27.9 Å². The van der Waals surface area contributed by atoms with Gasteiger partial charge >= 0.3 is 5.97 Å². The Morgan fingerprint density at radius 3 is 2.67 bits per heavy atom. The molecule has 0 spiro atoms. The smallest absolute Gasteiger partial charge is 0.303 e. The molecule has 4 rings (SSSR count). The highest BCUT2D eigenvalue weighted by Gasteiger charge is 2.45. The number of Topliss-reactive ketones (excluding diaryl/α,β-unsaturated/α-hetero) is 1. The van der Waals surface area contributed by atoms with Crippen molar-refractivity contribution >= 4 is 40.9 Å². The number of ether oxygens (including phenoxy) is 1. The summed E-state index contributed by atoms with van der Waals surface area (Å²) in [4.78, 5) is 42.5. The fourth-order valence-electron chi connectivity index (χ4n) is 5.60. The molecule has 39 heavy (non-hydrogen) atoms. The van der Waals surface area contributed by atoms with E-state index < -0.39 is 18.1 Å². The first-order chi connectivity index (χ1) is 18.6. The third kappa shape index (κ3) is 7.50. The van der Waals surface area contributed by atoms with Crippen LogP contribution in [0.25, 0.3) is 0 Å². The summed E-state index contributed by atoms with van der Waals surface area (Å²) in [6.07, 6.45) is 1.57. The molecule has 2 aliphatic rings. The average molecular weight is 579 g/mol. The monoisotopic (exact) mass is 578 g/mol. The second-order valence-corrected chi connectivity index (χ2v) is 11.3. The highest BCUT2D eigenvalue weighted by molar-refractivity contribution is 6.42. The molecule has 1 N–H and O–H groups in total. The van der Waals surface area contributed by atoms with Crippen LogP contribution in [-0.2, 0) is 20.8 Å². The van der Waals surface area contributed by atoms with Gasteiger partial charge in [0.1, 0.15) is 18.2 Å². The Bertz CT molecular complexity index is 1210. The van der Waals surface area contributed by atoms with Gasteiger partial charge in [-0.05, 0) is 61.4 Å². The molecule has 0 radical (unpaired) electrons. The predicted octanol–water partition coefficient (Wildman–Crippen LogP) is 5.26. The summed E-state index contributed by atoms with van der Waals surface area (Å²) < 4.78 is 19.6. The van der Waals surface area contributed by atoms with Crippen LogP contribution in [0.3, 0.4) is 0 Å². The van der Waals surface area contributed by atoms with Crippen LogP contribution in [0, 0.1) is 11.7 Å². The van der Waals surface area contributed by atoms with E-state index in [9.17, 15) is 23.9 Å². The number of hydrogen-bond donors (Lipinski definition) is 1. The van der Waals surface area contributed by atoms with Gasteiger partial charge < -0.3 is 14.7 Å². The van der Waals surface area contributed by atoms with Crippen LogP contribution in [0.2, 0.25) is 10.0 Å². The molecule has 0 aliphatic carbocycles. The van der Waals surface area contributed by atoms with Crippen molar-refractivity contribution in [2.45, 2.75) is 63.6 Å². The molecular weight excluding hydrogens is 546 g/mol. The van der Waals surface area contributed by atoms with Gasteiger partial charge in [0.25, 0.3) is 0 Å². The number of carboxylic acids is 1. The highest BCUT2D eigenvalue weighted by Crippen LogP contribution is 2.32. The highest BCUT2D eigenvalue weighted by atomic mass is 35.5. The first kappa shape index (κ1) is 29.3. The maximum absolute atomic E-state index is 13.8. The number of aliphatic carboxylic acids is 1. The van der Waals surface area contributed by atoms with Gasteiger partial charge in [0, 0.05) is 38.0 Å². The quantitative estimate of drug-likeness (QED) is 0.391. The van der Waals surface area contributed by atoms with Gasteiger partial charge in [-0.25, -0.2) is 4.39 Å². The van der Waals surface area contributed by atoms with Crippen LogP contribution < -0.4 is 4.74 Å². The minimum atomic E-state index is -1.02. The van der Waals surface area contributed by atoms with Crippen molar-refractivity contribution in [3.8, 4) is 5.75 Å². The van der Waals surface area contributed by atoms with Crippen molar-refractivity contribution in [1.82, 2.24) is 9.80 Å². The summed E-state index contributed by atoms with van der Waals surface area (Å²) in [5, 5.41) is 10.2. The topological polar surface area (TPSA) is 87.2 Å². The maximum atomic E-state index is 13.8. The normalized spacial score (nSPS) is 22.3. The van der Waals surface area contributed by atoms with Gasteiger partial charge in [-0.3, -0.25) is 19.3 Å². The van der Waals surface area contributed by atoms with Gasteiger partial charge in [-0.2, -0.15) is 0 Å². The number of nitrogens with zero attached hydrogens (tertiary/aromatic N) is 2. The minimum Gasteiger partial charge on any atom is -0.492 e. The molecule has 10 heteroatoms. The maximum Gasteiger partial charge on any atom is 0.303 e. The number of fused-ring (bicyclic) bond motifs is 1. The third-order valence-electron chi connectivity index (χ3n) is 7.55. The van der Waals surface area contributed by atoms with Crippen LogP contribution in [0.15, 0.2) is 42.5 Å². The molecular formula is C29H33Cl2FN2O5. The number of benzene rings is 2. The molecule has 2 saturated heterocycles. The van der Waals surface area contributed by atoms with Gasteiger partial charge in [0.05, 0.1) is 22.1 Å². The average Bonchev–Trinajstić information content (AvgIpc) is 3.23. The summed E-state index contributed by atoms with van der Waals surface area (Å²) in [6.45, 7) is 3.38. The first-order valence-electron chi connectivity index (χ1n) is 13.3. The number of rotatable bonds is 11. The van der Waals surface area contributed by atoms with Crippen molar-refractivity contribution in [2.75, 3.05) is 19.7 Å². The van der Waals surface area contributed by atoms with Crippen LogP contribution >= 0.6 is 23.2 Å². The largest absolute Gasteiger partial charge is 0.492 e. The third-order valence-corrected chi connectivity index (χ3v) is 8.29. The lowest BCUT2D eigenvalue weighted by molar-refractivity contribution is -0.144. The summed E-state index contributed by atoms with van der Waals surface area (Å²) >= 11 is 12.1. The number of amides is 1. The first-order valence-corrected chi connectivity index (χ1v) is 14.0. The number of carbonyl (C=O) groups is 3. The molecule has 1 unspecified atom stereocenters. The van der Waals surface area contributed by atoms with E-state index in [2.05, 4.69) is 11.8 Å². The van der Waals surface area contributed by atoms with Crippen LogP contribution in [0.1, 0.15) is 44.6 Å². The Hall–Kier alpha value is -2.68. The molecule has 2 fully saturated rings. The Morgan fingerprint density at radius 2 is 1.95 bits per heavy atom. The molecule has 2 aliphatic heterocycles. The van der Waals surface area contributed by atoms with Crippen molar-refractivity contribution < 1.29 is 28.6 Å². The lowest BCUT2D eigenvalue weighted by Gasteiger charge is -2.32. The SMILES string of the molecule is C[C@@H]1C[C@H]2C(=O)N([C@H](CCC(=O)O)C(=O)CCc3ccc(Cl)c(Cl)c3)CCC(COc3cccc(F)c3)N2C1. The second kappa shape index (κ2) is 13.1. The van der Waals surface area contributed by atoms with E-state index in [1.54, 1.807) is 35.2 Å². The fraction of sp³-hybridized carbons (Fsp3) is 0.483. The number of hydrogen-bond acceptors (Lipinski definition) is 5. The van der Waals surface area contributed by atoms with Crippen LogP contribution in [0.5, 0.6) is 5.75 Å². The number of carboxylic acid groups (broad SMARTS) is 1. The predicted molar refractivity (Wildman–Crippen MR) is 147 cm³/mol. The Labute approximate surface area is 237 Å². The summed E-state index contributed by atoms with van der Waals surface area (Å²) in [5.74, 6) is -1.03. The minimum absolute atomic E-state index is 0.0496. The Morgan fingerprint density at radius 1 is 1.15 bits per heavy atom. The van der Waals surface area contributed by atoms with E-state index in [0.29, 0.717) is 48.1 Å². The van der Waals surface area contributed by atoms with Crippen molar-refractivity contribution in [2.24, 2.45) is 5.92 Å². The molecule has 1 amide bonds. The van der Waals surface area contributed by atoms with E-state index in [-0.39, 0.29) is 55.3 Å². The molecule has 0 aromatic heterocycles. The summed E-state index contributed by atoms with van der Waals surface area (Å²) in [5.41, 5.74) is 0.835. The lowest BCUT2D eigenvalue weighted by atomic mass is 9.97.